The highest BCUT2D eigenvalue weighted by Gasteiger charge is 2.56. The van der Waals surface area contributed by atoms with Gasteiger partial charge in [0.05, 0.1) is 45.9 Å². The van der Waals surface area contributed by atoms with E-state index in [0.717, 1.165) is 0 Å². The maximum atomic E-state index is 13.9. The molecular formula is C49H61N3O21. The van der Waals surface area contributed by atoms with E-state index in [0.29, 0.717) is 41.0 Å². The summed E-state index contributed by atoms with van der Waals surface area (Å²) in [6, 6.07) is 5.14. The molecule has 24 nitrogen and oxygen atoms in total. The van der Waals surface area contributed by atoms with Gasteiger partial charge < -0.3 is 87.6 Å². The number of carbonyl (C=O) groups excluding carboxylic acids is 4. The fourth-order valence-electron chi connectivity index (χ4n) is 10.1. The smallest absolute Gasteiger partial charge is 0.415 e. The van der Waals surface area contributed by atoms with Crippen LogP contribution in [-0.4, -0.2) is 177 Å². The Morgan fingerprint density at radius 2 is 1.55 bits per heavy atom. The molecule has 13 atom stereocenters. The van der Waals surface area contributed by atoms with Crippen LogP contribution in [0.4, 0.5) is 9.59 Å². The fourth-order valence-corrected chi connectivity index (χ4v) is 10.1. The van der Waals surface area contributed by atoms with Gasteiger partial charge in [0.15, 0.2) is 35.6 Å². The number of benzene rings is 2. The van der Waals surface area contributed by atoms with E-state index in [-0.39, 0.29) is 63.2 Å². The average molecular weight is 1030 g/mol. The van der Waals surface area contributed by atoms with Crippen LogP contribution in [0.3, 0.4) is 0 Å². The number of rotatable bonds is 15. The number of aliphatic carboxylic acids is 2. The van der Waals surface area contributed by atoms with E-state index in [2.05, 4.69) is 5.32 Å². The van der Waals surface area contributed by atoms with Gasteiger partial charge in [0.1, 0.15) is 36.6 Å². The van der Waals surface area contributed by atoms with Gasteiger partial charge in [-0.25, -0.2) is 14.4 Å². The van der Waals surface area contributed by atoms with Crippen molar-refractivity contribution in [1.29, 1.82) is 0 Å². The summed E-state index contributed by atoms with van der Waals surface area (Å²) in [6.45, 7) is 3.28. The number of esters is 1. The van der Waals surface area contributed by atoms with E-state index in [9.17, 15) is 44.1 Å². The lowest BCUT2D eigenvalue weighted by Crippen LogP contribution is -2.63. The zero-order valence-corrected chi connectivity index (χ0v) is 41.1. The van der Waals surface area contributed by atoms with E-state index < -0.39 is 121 Å². The maximum absolute atomic E-state index is 13.9. The molecule has 0 saturated carbocycles. The molecular weight excluding hydrogens is 967 g/mol. The van der Waals surface area contributed by atoms with Crippen LogP contribution in [0.15, 0.2) is 36.4 Å². The number of hydrogen-bond acceptors (Lipinski definition) is 19. The molecule has 3 unspecified atom stereocenters. The number of nitrogens with one attached hydrogen (secondary N) is 1. The second-order valence-electron chi connectivity index (χ2n) is 19.1. The topological polar surface area (TPSA) is 303 Å². The van der Waals surface area contributed by atoms with Gasteiger partial charge in [0.2, 0.25) is 18.4 Å². The molecule has 4 aliphatic heterocycles. The molecule has 398 valence electrons. The number of ether oxygens (including phenoxy) is 11. The Labute approximate surface area is 419 Å². The number of aliphatic hydroxyl groups excluding tert-OH is 2. The number of carboxylic acids is 2. The number of methoxy groups -OCH3 is 2. The van der Waals surface area contributed by atoms with E-state index in [1.165, 1.54) is 38.1 Å². The molecule has 8 rings (SSSR count). The third-order valence-corrected chi connectivity index (χ3v) is 14.3. The Morgan fingerprint density at radius 3 is 2.21 bits per heavy atom. The normalized spacial score (nSPS) is 30.8. The fraction of sp³-hybridized carbons (Fsp3) is 0.592. The Balaban J connectivity index is 0.945. The van der Waals surface area contributed by atoms with Gasteiger partial charge in [-0.2, -0.15) is 0 Å². The Hall–Kier alpha value is -6.44. The third-order valence-electron chi connectivity index (χ3n) is 14.3. The molecule has 0 spiro atoms. The highest BCUT2D eigenvalue weighted by molar-refractivity contribution is 5.89. The van der Waals surface area contributed by atoms with Crippen molar-refractivity contribution >= 4 is 36.0 Å². The number of hydrogen-bond donors (Lipinski definition) is 5. The summed E-state index contributed by atoms with van der Waals surface area (Å²) in [5.74, 6) is -5.34. The van der Waals surface area contributed by atoms with Gasteiger partial charge in [-0.1, -0.05) is 13.0 Å². The molecule has 5 N–H and O–H groups in total. The molecule has 4 heterocycles. The van der Waals surface area contributed by atoms with Crippen molar-refractivity contribution in [1.82, 2.24) is 15.1 Å². The summed E-state index contributed by atoms with van der Waals surface area (Å²) in [7, 11) is 5.69. The molecule has 3 fully saturated rings. The monoisotopic (exact) mass is 1030 g/mol. The number of amides is 3. The van der Waals surface area contributed by atoms with Crippen molar-refractivity contribution in [2.45, 2.75) is 107 Å². The zero-order valence-electron chi connectivity index (χ0n) is 41.1. The van der Waals surface area contributed by atoms with Crippen LogP contribution in [0.2, 0.25) is 0 Å². The zero-order chi connectivity index (χ0) is 52.5. The van der Waals surface area contributed by atoms with Crippen LogP contribution in [0.1, 0.15) is 74.7 Å². The summed E-state index contributed by atoms with van der Waals surface area (Å²) in [5, 5.41) is 43.3. The van der Waals surface area contributed by atoms with Crippen molar-refractivity contribution in [3.63, 3.8) is 0 Å². The Bertz CT molecular complexity index is 2440. The molecule has 3 saturated heterocycles. The van der Waals surface area contributed by atoms with Crippen LogP contribution in [0, 0.1) is 17.3 Å². The molecule has 0 bridgehead atoms. The lowest BCUT2D eigenvalue weighted by Gasteiger charge is -2.47. The minimum Gasteiger partial charge on any atom is -0.493 e. The molecule has 2 aromatic carbocycles. The molecule has 0 aromatic heterocycles. The van der Waals surface area contributed by atoms with Gasteiger partial charge in [0.25, 0.3) is 0 Å². The van der Waals surface area contributed by atoms with Crippen molar-refractivity contribution in [3.8, 4) is 28.7 Å². The number of carbonyl (C=O) groups is 6. The predicted octanol–water partition coefficient (Wildman–Crippen LogP) is 2.68. The molecule has 3 amide bonds. The summed E-state index contributed by atoms with van der Waals surface area (Å²) in [6.07, 6.45) is -5.86. The van der Waals surface area contributed by atoms with Gasteiger partial charge in [0, 0.05) is 44.4 Å². The number of cyclic esters (lactones) is 1. The average Bonchev–Trinajstić information content (AvgIpc) is 3.99. The molecule has 2 aromatic rings. The largest absolute Gasteiger partial charge is 0.493 e. The third kappa shape index (κ3) is 11.1. The number of fused-ring (bicyclic) bond motifs is 4. The molecule has 73 heavy (non-hydrogen) atoms. The number of allylic oxidation sites excluding steroid dienone is 1. The summed E-state index contributed by atoms with van der Waals surface area (Å²) in [4.78, 5) is 79.3. The van der Waals surface area contributed by atoms with Gasteiger partial charge in [-0.05, 0) is 79.6 Å². The summed E-state index contributed by atoms with van der Waals surface area (Å²) in [5.41, 5.74) is 0.606. The second kappa shape index (κ2) is 22.0. The van der Waals surface area contributed by atoms with Crippen molar-refractivity contribution in [3.05, 3.63) is 53.1 Å². The van der Waals surface area contributed by atoms with Crippen LogP contribution in [0.25, 0.3) is 0 Å². The van der Waals surface area contributed by atoms with E-state index in [1.807, 2.05) is 0 Å². The SMILES string of the molecule is COc1cc([C@@H]2c3cc4c(cc3C(OC3O[C@@H]5CO[C@@H](C)O[C@H]5[C@H](O)[C@H]3O)[C@H]3COC(=O)[C@H]23)OCO4)cc(OC)c1OC(=O)N(C)CCN(C)C(=O)O[C@H]1/C=C/CC[C@@](C)(C(=O)NC(CC(=O)O)C(=O)O)CC1. The first-order valence-corrected chi connectivity index (χ1v) is 23.9. The lowest BCUT2D eigenvalue weighted by atomic mass is 9.66. The second-order valence-corrected chi connectivity index (χ2v) is 19.1. The highest BCUT2D eigenvalue weighted by atomic mass is 16.8. The van der Waals surface area contributed by atoms with E-state index in [1.54, 1.807) is 50.3 Å². The molecule has 24 heteroatoms. The van der Waals surface area contributed by atoms with Crippen molar-refractivity contribution in [2.24, 2.45) is 17.3 Å². The van der Waals surface area contributed by atoms with Crippen LogP contribution >= 0.6 is 0 Å². The lowest BCUT2D eigenvalue weighted by molar-refractivity contribution is -0.364. The van der Waals surface area contributed by atoms with Gasteiger partial charge >= 0.3 is 30.1 Å². The van der Waals surface area contributed by atoms with Gasteiger partial charge in [-0.15, -0.1) is 0 Å². The van der Waals surface area contributed by atoms with E-state index >= 15 is 0 Å². The van der Waals surface area contributed by atoms with Crippen LogP contribution < -0.4 is 29.0 Å². The van der Waals surface area contributed by atoms with E-state index in [4.69, 9.17) is 57.2 Å². The number of likely N-dealkylation sites (N-methyl/N-ethyl adjacent to an activating group) is 2. The molecule has 0 radical (unpaired) electrons. The quantitative estimate of drug-likeness (QED) is 0.127. The minimum atomic E-state index is -1.61. The first kappa shape index (κ1) is 52.9. The highest BCUT2D eigenvalue weighted by Crippen LogP contribution is 2.57. The van der Waals surface area contributed by atoms with Gasteiger partial charge in [-0.3, -0.25) is 14.4 Å². The predicted molar refractivity (Wildman–Crippen MR) is 246 cm³/mol. The molecule has 2 aliphatic carbocycles. The number of nitrogens with zero attached hydrogens (tertiary/aromatic N) is 2. The summed E-state index contributed by atoms with van der Waals surface area (Å²) >= 11 is 0. The van der Waals surface area contributed by atoms with Crippen molar-refractivity contribution < 1.29 is 101 Å². The minimum absolute atomic E-state index is 0.00683. The number of carboxylic acid groups (broad SMARTS) is 2. The Morgan fingerprint density at radius 1 is 0.877 bits per heavy atom. The first-order chi connectivity index (χ1) is 34.8. The molecule has 6 aliphatic rings. The Kier molecular flexibility index (Phi) is 15.9. The van der Waals surface area contributed by atoms with Crippen LogP contribution in [0.5, 0.6) is 28.7 Å². The van der Waals surface area contributed by atoms with Crippen LogP contribution in [-0.2, 0) is 47.6 Å². The van der Waals surface area contributed by atoms with Crippen molar-refractivity contribution in [2.75, 3.05) is 61.4 Å². The standard InChI is InChI=1S/C49H61N3O21/c1-23-65-21-34-42(69-23)38(55)39(56)45(71-34)72-40-27-18-31-30(67-22-68-31)17-26(27)36(37-28(40)20-66-44(37)59)24-15-32(63-5)41(33(16-24)64-6)73-48(62)52(4)14-13-51(3)47(61)70-25-9-7-8-11-49(2,12-10-25)46(60)50-29(43(57)58)19-35(53)54/h7,9,15-18,23,25,28-29,34,36-40,42,45,55-56H,8,10-14,19-22H2,1-6H3,(H,50,60)(H,53,54)(H,57,58)/b9-7+/t23-,25+,28+,29?,34-,36-,37+,38-,39-,40?,42-,45?,49-/m1/s1. The summed E-state index contributed by atoms with van der Waals surface area (Å²) < 4.78 is 64.5. The maximum Gasteiger partial charge on any atom is 0.415 e. The number of aliphatic hydroxyl groups is 2. The first-order valence-electron chi connectivity index (χ1n) is 23.9.